The number of nitrogens with zero attached hydrogens (tertiary/aromatic N) is 2. The number of alkyl halides is 3. The summed E-state index contributed by atoms with van der Waals surface area (Å²) in [7, 11) is 0. The van der Waals surface area contributed by atoms with Crippen molar-refractivity contribution in [3.8, 4) is 0 Å². The number of allylic oxidation sites excluding steroid dienone is 2. The van der Waals surface area contributed by atoms with Crippen LogP contribution in [0.1, 0.15) is 5.56 Å². The zero-order valence-corrected chi connectivity index (χ0v) is 11.7. The zero-order valence-electron chi connectivity index (χ0n) is 11.7. The number of hydrogen-bond donors (Lipinski definition) is 0. The third-order valence-corrected chi connectivity index (χ3v) is 3.60. The number of benzene rings is 1. The molecule has 1 aliphatic heterocycles. The molecular formula is C16H11F3N2O2. The van der Waals surface area contributed by atoms with Gasteiger partial charge in [0.25, 0.3) is 0 Å². The number of aliphatic imine (C=N–C) groups is 1. The first-order chi connectivity index (χ1) is 10.9. The minimum absolute atomic E-state index is 0.0691. The highest BCUT2D eigenvalue weighted by atomic mass is 19.4. The average Bonchev–Trinajstić information content (AvgIpc) is 2.51. The van der Waals surface area contributed by atoms with Gasteiger partial charge < -0.3 is 4.90 Å². The van der Waals surface area contributed by atoms with E-state index >= 15 is 0 Å². The maximum absolute atomic E-state index is 12.8. The number of rotatable bonds is 2. The fourth-order valence-corrected chi connectivity index (χ4v) is 2.49. The predicted octanol–water partition coefficient (Wildman–Crippen LogP) is 2.42. The van der Waals surface area contributed by atoms with E-state index in [9.17, 15) is 22.8 Å². The van der Waals surface area contributed by atoms with E-state index in [4.69, 9.17) is 0 Å². The van der Waals surface area contributed by atoms with Gasteiger partial charge in [0.2, 0.25) is 0 Å². The van der Waals surface area contributed by atoms with Crippen LogP contribution in [0.25, 0.3) is 0 Å². The van der Waals surface area contributed by atoms with Gasteiger partial charge >= 0.3 is 18.0 Å². The van der Waals surface area contributed by atoms with Crippen LogP contribution in [0.3, 0.4) is 0 Å². The van der Waals surface area contributed by atoms with Gasteiger partial charge in [0.15, 0.2) is 0 Å². The number of fused-ring (bicyclic) bond motifs is 1. The third-order valence-electron chi connectivity index (χ3n) is 3.60. The normalized spacial score (nSPS) is 21.0. The van der Waals surface area contributed by atoms with Gasteiger partial charge in [0, 0.05) is 6.54 Å². The molecule has 7 heteroatoms. The van der Waals surface area contributed by atoms with E-state index in [2.05, 4.69) is 4.99 Å². The van der Waals surface area contributed by atoms with Crippen LogP contribution in [0.4, 0.5) is 13.2 Å². The molecule has 23 heavy (non-hydrogen) atoms. The van der Waals surface area contributed by atoms with Gasteiger partial charge in [-0.1, -0.05) is 42.5 Å². The van der Waals surface area contributed by atoms with Crippen LogP contribution in [0.2, 0.25) is 0 Å². The van der Waals surface area contributed by atoms with Gasteiger partial charge in [-0.05, 0) is 11.6 Å². The number of carbonyl (C=O) groups excluding carboxylic acids is 2. The lowest BCUT2D eigenvalue weighted by Gasteiger charge is -2.33. The topological polar surface area (TPSA) is 49.7 Å². The minimum Gasteiger partial charge on any atom is -0.318 e. The third kappa shape index (κ3) is 2.94. The van der Waals surface area contributed by atoms with Gasteiger partial charge in [0.05, 0.1) is 17.3 Å². The smallest absolute Gasteiger partial charge is 0.318 e. The first-order valence-electron chi connectivity index (χ1n) is 6.81. The molecule has 1 aromatic carbocycles. The van der Waals surface area contributed by atoms with Crippen molar-refractivity contribution in [1.82, 2.24) is 4.90 Å². The molecule has 1 aromatic rings. The fraction of sp³-hybridized carbons (Fsp3) is 0.188. The minimum atomic E-state index is -4.53. The van der Waals surface area contributed by atoms with Crippen LogP contribution < -0.4 is 0 Å². The lowest BCUT2D eigenvalue weighted by Crippen LogP contribution is -2.50. The molecule has 0 fully saturated rings. The van der Waals surface area contributed by atoms with Crippen molar-refractivity contribution in [2.75, 3.05) is 0 Å². The van der Waals surface area contributed by atoms with Crippen molar-refractivity contribution in [3.63, 3.8) is 0 Å². The van der Waals surface area contributed by atoms with E-state index in [1.807, 2.05) is 0 Å². The average molecular weight is 320 g/mol. The summed E-state index contributed by atoms with van der Waals surface area (Å²) in [6.45, 7) is 0.120. The second kappa shape index (κ2) is 5.49. The number of hydrogen-bond acceptors (Lipinski definition) is 2. The predicted molar refractivity (Wildman–Crippen MR) is 76.5 cm³/mol. The Balaban J connectivity index is 1.94. The van der Waals surface area contributed by atoms with Crippen molar-refractivity contribution in [1.29, 1.82) is 0 Å². The Bertz CT molecular complexity index is 748. The molecule has 4 nitrogen and oxygen atoms in total. The molecule has 3 rings (SSSR count). The van der Waals surface area contributed by atoms with Crippen LogP contribution in [-0.4, -0.2) is 34.6 Å². The van der Waals surface area contributed by atoms with Gasteiger partial charge in [-0.15, -0.1) is 0 Å². The highest BCUT2D eigenvalue weighted by Gasteiger charge is 2.40. The zero-order chi connectivity index (χ0) is 16.6. The molecule has 2 amide bonds. The highest BCUT2D eigenvalue weighted by Crippen LogP contribution is 2.31. The van der Waals surface area contributed by atoms with Gasteiger partial charge in [0.1, 0.15) is 0 Å². The summed E-state index contributed by atoms with van der Waals surface area (Å²) in [6, 6.07) is 8.13. The molecule has 0 N–H and O–H groups in total. The summed E-state index contributed by atoms with van der Waals surface area (Å²) in [4.78, 5) is 28.5. The molecule has 2 aliphatic rings. The molecule has 1 unspecified atom stereocenters. The lowest BCUT2D eigenvalue weighted by molar-refractivity contribution is -0.145. The number of halogens is 3. The second-order valence-electron chi connectivity index (χ2n) is 5.16. The molecule has 1 atom stereocenters. The molecule has 118 valence electrons. The van der Waals surface area contributed by atoms with Crippen molar-refractivity contribution in [2.45, 2.75) is 18.8 Å². The largest absolute Gasteiger partial charge is 0.416 e. The molecule has 0 aromatic heterocycles. The van der Waals surface area contributed by atoms with Crippen LogP contribution in [-0.2, 0) is 16.1 Å². The Morgan fingerprint density at radius 3 is 2.48 bits per heavy atom. The Labute approximate surface area is 129 Å². The van der Waals surface area contributed by atoms with Crippen molar-refractivity contribution >= 4 is 17.5 Å². The van der Waals surface area contributed by atoms with Crippen LogP contribution in [0.5, 0.6) is 0 Å². The van der Waals surface area contributed by atoms with Crippen LogP contribution in [0.15, 0.2) is 59.1 Å². The summed E-state index contributed by atoms with van der Waals surface area (Å²) in [5, 5.41) is 0. The number of amides is 2. The first kappa shape index (κ1) is 15.2. The molecule has 0 spiro atoms. The summed E-state index contributed by atoms with van der Waals surface area (Å²) in [6.07, 6.45) is -1.56. The molecule has 1 aliphatic carbocycles. The Morgan fingerprint density at radius 1 is 1.13 bits per heavy atom. The van der Waals surface area contributed by atoms with E-state index in [-0.39, 0.29) is 12.3 Å². The number of carbonyl (C=O) groups is 2. The van der Waals surface area contributed by atoms with E-state index in [1.165, 1.54) is 11.0 Å². The molecule has 0 saturated heterocycles. The standard InChI is InChI=1S/C16H11F3N2O2/c17-16(18,19)11-6-7-13-12(8-11)20-14(22)15(23)21(13)9-10-4-2-1-3-5-10/h1-8,13H,9H2. The fourth-order valence-electron chi connectivity index (χ4n) is 2.49. The molecule has 0 bridgehead atoms. The van der Waals surface area contributed by atoms with Gasteiger partial charge in [-0.3, -0.25) is 9.59 Å². The highest BCUT2D eigenvalue weighted by molar-refractivity contribution is 6.40. The quantitative estimate of drug-likeness (QED) is 0.786. The summed E-state index contributed by atoms with van der Waals surface area (Å²) < 4.78 is 38.3. The maximum atomic E-state index is 12.8. The van der Waals surface area contributed by atoms with E-state index in [0.717, 1.165) is 17.7 Å². The Hall–Kier alpha value is -2.70. The maximum Gasteiger partial charge on any atom is 0.416 e. The van der Waals surface area contributed by atoms with Gasteiger partial charge in [-0.25, -0.2) is 4.99 Å². The Kier molecular flexibility index (Phi) is 3.63. The molecule has 1 heterocycles. The van der Waals surface area contributed by atoms with Crippen LogP contribution in [0, 0.1) is 0 Å². The second-order valence-corrected chi connectivity index (χ2v) is 5.16. The van der Waals surface area contributed by atoms with Crippen molar-refractivity contribution in [3.05, 3.63) is 59.7 Å². The summed E-state index contributed by atoms with van der Waals surface area (Å²) in [5.41, 5.74) is -0.191. The van der Waals surface area contributed by atoms with Crippen molar-refractivity contribution in [2.24, 2.45) is 4.99 Å². The molecule has 0 saturated carbocycles. The monoisotopic (exact) mass is 320 g/mol. The SMILES string of the molecule is O=C1N=C2C=C(C(F)(F)F)C=CC2N(Cc2ccccc2)C1=O. The lowest BCUT2D eigenvalue weighted by atomic mass is 9.96. The van der Waals surface area contributed by atoms with Crippen LogP contribution >= 0.6 is 0 Å². The molecular weight excluding hydrogens is 309 g/mol. The Morgan fingerprint density at radius 2 is 1.83 bits per heavy atom. The van der Waals surface area contributed by atoms with E-state index in [1.54, 1.807) is 30.3 Å². The van der Waals surface area contributed by atoms with Crippen molar-refractivity contribution < 1.29 is 22.8 Å². The molecule has 0 radical (unpaired) electrons. The van der Waals surface area contributed by atoms with E-state index < -0.39 is 29.6 Å². The summed E-state index contributed by atoms with van der Waals surface area (Å²) >= 11 is 0. The summed E-state index contributed by atoms with van der Waals surface area (Å²) in [5.74, 6) is -1.88. The van der Waals surface area contributed by atoms with E-state index in [0.29, 0.717) is 0 Å². The van der Waals surface area contributed by atoms with Gasteiger partial charge in [-0.2, -0.15) is 13.2 Å². The first-order valence-corrected chi connectivity index (χ1v) is 6.81.